The summed E-state index contributed by atoms with van der Waals surface area (Å²) < 4.78 is 0. The molecule has 33 valence electrons. The first-order valence-electron chi connectivity index (χ1n) is 0.612. The zero-order valence-corrected chi connectivity index (χ0v) is 5.88. The molecule has 0 rings (SSSR count). The topological polar surface area (TPSA) is 93.2 Å². The quantitative estimate of drug-likeness (QED) is 0.447. The van der Waals surface area contributed by atoms with Gasteiger partial charge in [0.15, 0.2) is 0 Å². The fourth-order valence-electron chi connectivity index (χ4n) is 0. The van der Waals surface area contributed by atoms with Gasteiger partial charge in [0.25, 0.3) is 0 Å². The Balaban J connectivity index is -0.0000000450. The molecule has 0 aromatic carbocycles. The first-order chi connectivity index (χ1) is 1.73. The van der Waals surface area contributed by atoms with Gasteiger partial charge in [0.05, 0.1) is 0 Å². The van der Waals surface area contributed by atoms with Crippen LogP contribution in [0.2, 0.25) is 0 Å². The molecule has 0 saturated heterocycles. The van der Waals surface area contributed by atoms with E-state index in [4.69, 9.17) is 15.0 Å². The van der Waals surface area contributed by atoms with Crippen molar-refractivity contribution in [1.82, 2.24) is 0 Å². The third-order valence-corrected chi connectivity index (χ3v) is 0. The van der Waals surface area contributed by atoms with Gasteiger partial charge in [-0.15, -0.1) is 0 Å². The van der Waals surface area contributed by atoms with Crippen molar-refractivity contribution in [3.05, 3.63) is 0 Å². The molecule has 1 radical (unpaired) electrons. The van der Waals surface area contributed by atoms with Crippen LogP contribution in [0, 0.1) is 40.8 Å². The van der Waals surface area contributed by atoms with E-state index in [9.17, 15) is 0 Å². The summed E-state index contributed by atoms with van der Waals surface area (Å²) in [6.07, 6.45) is -2.33. The summed E-state index contributed by atoms with van der Waals surface area (Å²) in [5.41, 5.74) is 0. The van der Waals surface area contributed by atoms with E-state index in [1.54, 1.807) is 0 Å². The zero-order valence-electron chi connectivity index (χ0n) is 2.67. The monoisotopic (exact) mass is 219 g/mol. The van der Waals surface area contributed by atoms with Gasteiger partial charge >= 0.3 is 40.8 Å². The first kappa shape index (κ1) is 16.0. The smallest absolute Gasteiger partial charge is 0.870 e. The SMILES string of the molecule is O=C([O-])[O-].[Nd+3].[OH-]. The molecule has 6 heavy (non-hydrogen) atoms. The van der Waals surface area contributed by atoms with E-state index in [0.717, 1.165) is 0 Å². The maximum Gasteiger partial charge on any atom is 3.00 e. The van der Waals surface area contributed by atoms with E-state index in [0.29, 0.717) is 0 Å². The van der Waals surface area contributed by atoms with Crippen LogP contribution in [0.25, 0.3) is 0 Å². The van der Waals surface area contributed by atoms with Gasteiger partial charge in [-0.1, -0.05) is 0 Å². The normalized spacial score (nSPS) is 4.00. The van der Waals surface area contributed by atoms with Crippen molar-refractivity contribution >= 4 is 6.16 Å². The second kappa shape index (κ2) is 9.13. The van der Waals surface area contributed by atoms with Crippen molar-refractivity contribution in [2.75, 3.05) is 0 Å². The van der Waals surface area contributed by atoms with E-state index in [1.807, 2.05) is 0 Å². The molecule has 0 spiro atoms. The Kier molecular flexibility index (Phi) is 24.3. The summed E-state index contributed by atoms with van der Waals surface area (Å²) >= 11 is 0. The number of rotatable bonds is 0. The fraction of sp³-hybridized carbons (Fsp3) is 0. The molecule has 0 heterocycles. The molecule has 0 aromatic heterocycles. The third kappa shape index (κ3) is 174. The molecule has 0 aliphatic rings. The van der Waals surface area contributed by atoms with Crippen LogP contribution >= 0.6 is 0 Å². The molecule has 0 aliphatic heterocycles. The van der Waals surface area contributed by atoms with Crippen molar-refractivity contribution in [1.29, 1.82) is 0 Å². The van der Waals surface area contributed by atoms with Gasteiger partial charge < -0.3 is 20.5 Å². The number of hydrogen-bond acceptors (Lipinski definition) is 4. The molecule has 0 aromatic rings. The Labute approximate surface area is 67.0 Å². The fourth-order valence-corrected chi connectivity index (χ4v) is 0. The number of carbonyl (C=O) groups excluding carboxylic acids is 1. The van der Waals surface area contributed by atoms with Gasteiger partial charge in [-0.05, 0) is 6.16 Å². The predicted molar refractivity (Wildman–Crippen MR) is 7.33 cm³/mol. The molecule has 0 aliphatic carbocycles. The summed E-state index contributed by atoms with van der Waals surface area (Å²) in [4.78, 5) is 8.33. The molecular weight excluding hydrogens is 220 g/mol. The Morgan fingerprint density at radius 2 is 1.33 bits per heavy atom. The molecule has 1 N–H and O–H groups in total. The van der Waals surface area contributed by atoms with Crippen LogP contribution in [-0.4, -0.2) is 11.6 Å². The molecule has 0 atom stereocenters. The molecule has 0 bridgehead atoms. The molecule has 0 fully saturated rings. The van der Waals surface area contributed by atoms with Crippen LogP contribution < -0.4 is 10.2 Å². The van der Waals surface area contributed by atoms with Gasteiger partial charge in [-0.2, -0.15) is 0 Å². The molecule has 0 saturated carbocycles. The molecule has 4 nitrogen and oxygen atoms in total. The van der Waals surface area contributed by atoms with Crippen LogP contribution in [0.3, 0.4) is 0 Å². The molecule has 0 unspecified atom stereocenters. The molecule has 5 heteroatoms. The summed E-state index contributed by atoms with van der Waals surface area (Å²) in [5.74, 6) is 0. The van der Waals surface area contributed by atoms with Gasteiger partial charge in [0, 0.05) is 0 Å². The zero-order chi connectivity index (χ0) is 3.58. The van der Waals surface area contributed by atoms with Crippen molar-refractivity contribution in [3.8, 4) is 0 Å². The second-order valence-corrected chi connectivity index (χ2v) is 0.250. The Hall–Kier alpha value is 0.581. The van der Waals surface area contributed by atoms with Gasteiger partial charge in [0.1, 0.15) is 0 Å². The predicted octanol–water partition coefficient (Wildman–Crippen LogP) is -2.62. The van der Waals surface area contributed by atoms with Crippen molar-refractivity contribution < 1.29 is 61.3 Å². The van der Waals surface area contributed by atoms with Crippen LogP contribution in [0.1, 0.15) is 0 Å². The van der Waals surface area contributed by atoms with Gasteiger partial charge in [0.2, 0.25) is 0 Å². The average Bonchev–Trinajstić information content (AvgIpc) is 0.811. The second-order valence-electron chi connectivity index (χ2n) is 0.250. The standard InChI is InChI=1S/CH2O3.Nd.H2O/c2-1(3)4;;/h(H2,2,3,4);;1H2/q;+3;/p-3. The molecular formula is CHNdO4. The first-order valence-corrected chi connectivity index (χ1v) is 0.612. The van der Waals surface area contributed by atoms with Crippen molar-refractivity contribution in [2.24, 2.45) is 0 Å². The number of hydrogen-bond donors (Lipinski definition) is 0. The van der Waals surface area contributed by atoms with Crippen LogP contribution in [-0.2, 0) is 0 Å². The van der Waals surface area contributed by atoms with Crippen LogP contribution in [0.15, 0.2) is 0 Å². The van der Waals surface area contributed by atoms with Crippen LogP contribution in [0.5, 0.6) is 0 Å². The minimum absolute atomic E-state index is 0. The Bertz CT molecular complexity index is 30.5. The summed E-state index contributed by atoms with van der Waals surface area (Å²) in [6, 6.07) is 0. The average molecular weight is 221 g/mol. The summed E-state index contributed by atoms with van der Waals surface area (Å²) in [7, 11) is 0. The van der Waals surface area contributed by atoms with Crippen molar-refractivity contribution in [2.45, 2.75) is 0 Å². The Morgan fingerprint density at radius 1 is 1.33 bits per heavy atom. The maximum absolute atomic E-state index is 8.33. The van der Waals surface area contributed by atoms with Crippen LogP contribution in [0.4, 0.5) is 4.79 Å². The van der Waals surface area contributed by atoms with Gasteiger partial charge in [-0.3, -0.25) is 0 Å². The van der Waals surface area contributed by atoms with E-state index in [-0.39, 0.29) is 46.3 Å². The minimum atomic E-state index is -2.33. The van der Waals surface area contributed by atoms with E-state index >= 15 is 0 Å². The minimum Gasteiger partial charge on any atom is -0.870 e. The van der Waals surface area contributed by atoms with Gasteiger partial charge in [-0.25, -0.2) is 0 Å². The summed E-state index contributed by atoms with van der Waals surface area (Å²) in [6.45, 7) is 0. The maximum atomic E-state index is 8.33. The molecule has 0 amide bonds. The largest absolute Gasteiger partial charge is 3.00 e. The third-order valence-electron chi connectivity index (χ3n) is 0. The van der Waals surface area contributed by atoms with E-state index in [2.05, 4.69) is 0 Å². The summed E-state index contributed by atoms with van der Waals surface area (Å²) in [5, 5.41) is 16.7. The van der Waals surface area contributed by atoms with E-state index in [1.165, 1.54) is 0 Å². The number of carboxylic acid groups (broad SMARTS) is 2. The number of carbonyl (C=O) groups is 1. The van der Waals surface area contributed by atoms with E-state index < -0.39 is 6.16 Å². The Morgan fingerprint density at radius 3 is 1.33 bits per heavy atom. The van der Waals surface area contributed by atoms with Crippen molar-refractivity contribution in [3.63, 3.8) is 0 Å².